The molecule has 8 nitrogen and oxygen atoms in total. The number of likely N-dealkylation sites (tertiary alicyclic amines) is 1. The summed E-state index contributed by atoms with van der Waals surface area (Å²) in [6.45, 7) is 9.00. The van der Waals surface area contributed by atoms with Gasteiger partial charge in [-0.25, -0.2) is 4.79 Å². The van der Waals surface area contributed by atoms with E-state index in [9.17, 15) is 9.59 Å². The van der Waals surface area contributed by atoms with Crippen LogP contribution in [0.4, 0.5) is 4.79 Å². The fraction of sp³-hybridized carbons (Fsp3) is 0.733. The van der Waals surface area contributed by atoms with E-state index in [2.05, 4.69) is 15.5 Å². The molecule has 1 aromatic heterocycles. The number of carbonyl (C=O) groups is 2. The summed E-state index contributed by atoms with van der Waals surface area (Å²) in [5.41, 5.74) is -0.571. The highest BCUT2D eigenvalue weighted by Crippen LogP contribution is 2.21. The predicted molar refractivity (Wildman–Crippen MR) is 83.5 cm³/mol. The lowest BCUT2D eigenvalue weighted by Crippen LogP contribution is -2.47. The number of hydrogen-bond acceptors (Lipinski definition) is 5. The zero-order valence-electron chi connectivity index (χ0n) is 14.2. The third-order valence-corrected chi connectivity index (χ3v) is 3.64. The molecule has 1 aliphatic rings. The van der Waals surface area contributed by atoms with Crippen molar-refractivity contribution in [2.45, 2.75) is 65.3 Å². The van der Waals surface area contributed by atoms with Crippen molar-refractivity contribution < 1.29 is 14.3 Å². The second-order valence-electron chi connectivity index (χ2n) is 6.58. The normalized spacial score (nSPS) is 18.1. The van der Waals surface area contributed by atoms with Crippen molar-refractivity contribution in [2.75, 3.05) is 6.54 Å². The van der Waals surface area contributed by atoms with Gasteiger partial charge in [0.15, 0.2) is 5.82 Å². The van der Waals surface area contributed by atoms with Gasteiger partial charge in [0.2, 0.25) is 5.91 Å². The maximum atomic E-state index is 12.4. The summed E-state index contributed by atoms with van der Waals surface area (Å²) in [4.78, 5) is 26.1. The molecule has 23 heavy (non-hydrogen) atoms. The molecule has 1 fully saturated rings. The first-order valence-corrected chi connectivity index (χ1v) is 7.96. The van der Waals surface area contributed by atoms with E-state index in [1.807, 2.05) is 32.3 Å². The predicted octanol–water partition coefficient (Wildman–Crippen LogP) is 1.31. The first kappa shape index (κ1) is 17.2. The molecule has 0 saturated carbocycles. The molecule has 2 heterocycles. The topological polar surface area (TPSA) is 89.4 Å². The number of carbonyl (C=O) groups excluding carboxylic acids is 2. The molecule has 0 spiro atoms. The lowest BCUT2D eigenvalue weighted by molar-refractivity contribution is -0.125. The molecule has 1 aromatic rings. The van der Waals surface area contributed by atoms with Gasteiger partial charge in [0, 0.05) is 13.1 Å². The van der Waals surface area contributed by atoms with Crippen molar-refractivity contribution in [1.29, 1.82) is 0 Å². The van der Waals surface area contributed by atoms with Crippen LogP contribution >= 0.6 is 0 Å². The van der Waals surface area contributed by atoms with Crippen LogP contribution < -0.4 is 5.32 Å². The fourth-order valence-corrected chi connectivity index (χ4v) is 2.54. The number of ether oxygens (including phenoxy) is 1. The molecule has 1 aliphatic heterocycles. The molecule has 2 rings (SSSR count). The van der Waals surface area contributed by atoms with Crippen molar-refractivity contribution >= 4 is 12.0 Å². The van der Waals surface area contributed by atoms with Crippen molar-refractivity contribution in [1.82, 2.24) is 25.0 Å². The van der Waals surface area contributed by atoms with Crippen LogP contribution in [0.3, 0.4) is 0 Å². The third kappa shape index (κ3) is 4.43. The number of rotatable bonds is 4. The molecule has 128 valence electrons. The highest BCUT2D eigenvalue weighted by Gasteiger charge is 2.36. The van der Waals surface area contributed by atoms with Gasteiger partial charge in [0.1, 0.15) is 18.0 Å². The molecular formula is C15H25N5O3. The second kappa shape index (κ2) is 6.97. The van der Waals surface area contributed by atoms with Crippen molar-refractivity contribution in [3.63, 3.8) is 0 Å². The Hall–Kier alpha value is -2.12. The molecule has 8 heteroatoms. The summed E-state index contributed by atoms with van der Waals surface area (Å²) >= 11 is 0. The van der Waals surface area contributed by atoms with E-state index in [0.29, 0.717) is 25.3 Å². The van der Waals surface area contributed by atoms with Gasteiger partial charge in [-0.05, 0) is 40.5 Å². The van der Waals surface area contributed by atoms with Gasteiger partial charge in [-0.2, -0.15) is 0 Å². The van der Waals surface area contributed by atoms with Gasteiger partial charge in [-0.3, -0.25) is 9.69 Å². The Bertz CT molecular complexity index is 564. The molecular weight excluding hydrogens is 298 g/mol. The summed E-state index contributed by atoms with van der Waals surface area (Å²) in [6, 6.07) is -0.483. The van der Waals surface area contributed by atoms with Crippen molar-refractivity contribution in [3.05, 3.63) is 12.2 Å². The molecule has 0 bridgehead atoms. The average Bonchev–Trinajstić information content (AvgIpc) is 3.11. The van der Waals surface area contributed by atoms with Crippen LogP contribution in [0.2, 0.25) is 0 Å². The maximum absolute atomic E-state index is 12.4. The minimum Gasteiger partial charge on any atom is -0.444 e. The average molecular weight is 323 g/mol. The Kier molecular flexibility index (Phi) is 5.23. The number of nitrogens with one attached hydrogen (secondary N) is 1. The van der Waals surface area contributed by atoms with Gasteiger partial charge in [-0.1, -0.05) is 0 Å². The minimum absolute atomic E-state index is 0.181. The number of amides is 2. The van der Waals surface area contributed by atoms with E-state index in [4.69, 9.17) is 4.74 Å². The van der Waals surface area contributed by atoms with E-state index in [0.717, 1.165) is 13.0 Å². The highest BCUT2D eigenvalue weighted by molar-refractivity contribution is 5.86. The molecule has 0 aliphatic carbocycles. The first-order chi connectivity index (χ1) is 10.8. The Labute approximate surface area is 136 Å². The van der Waals surface area contributed by atoms with Gasteiger partial charge in [-0.15, -0.1) is 10.2 Å². The van der Waals surface area contributed by atoms with Crippen molar-refractivity contribution in [3.8, 4) is 0 Å². The Morgan fingerprint density at radius 3 is 2.83 bits per heavy atom. The summed E-state index contributed by atoms with van der Waals surface area (Å²) in [5.74, 6) is 0.515. The molecule has 2 amide bonds. The summed E-state index contributed by atoms with van der Waals surface area (Å²) in [5, 5.41) is 10.6. The van der Waals surface area contributed by atoms with Crippen molar-refractivity contribution in [2.24, 2.45) is 0 Å². The quantitative estimate of drug-likeness (QED) is 0.902. The number of aromatic nitrogens is 3. The standard InChI is InChI=1S/C15H25N5O3/c1-5-19-10-17-18-12(19)9-16-13(21)11-7-6-8-20(11)14(22)23-15(2,3)4/h10-11H,5-9H2,1-4H3,(H,16,21)/t11-/m0/s1. The zero-order valence-corrected chi connectivity index (χ0v) is 14.2. The summed E-state index contributed by atoms with van der Waals surface area (Å²) < 4.78 is 7.23. The SMILES string of the molecule is CCn1cnnc1CNC(=O)[C@@H]1CCCN1C(=O)OC(C)(C)C. The first-order valence-electron chi connectivity index (χ1n) is 7.96. The fourth-order valence-electron chi connectivity index (χ4n) is 2.54. The molecule has 1 N–H and O–H groups in total. The smallest absolute Gasteiger partial charge is 0.410 e. The summed E-state index contributed by atoms with van der Waals surface area (Å²) in [6.07, 6.45) is 2.63. The Balaban J connectivity index is 1.94. The Morgan fingerprint density at radius 1 is 1.43 bits per heavy atom. The molecule has 0 radical (unpaired) electrons. The van der Waals surface area contributed by atoms with E-state index in [1.54, 1.807) is 6.33 Å². The van der Waals surface area contributed by atoms with E-state index >= 15 is 0 Å². The minimum atomic E-state index is -0.571. The van der Waals surface area contributed by atoms with E-state index in [1.165, 1.54) is 4.90 Å². The molecule has 0 unspecified atom stereocenters. The van der Waals surface area contributed by atoms with Gasteiger partial charge >= 0.3 is 6.09 Å². The monoisotopic (exact) mass is 323 g/mol. The van der Waals surface area contributed by atoms with Crippen LogP contribution in [0.15, 0.2) is 6.33 Å². The molecule has 1 saturated heterocycles. The second-order valence-corrected chi connectivity index (χ2v) is 6.58. The van der Waals surface area contributed by atoms with E-state index in [-0.39, 0.29) is 5.91 Å². The van der Waals surface area contributed by atoms with Crippen LogP contribution in [-0.4, -0.2) is 49.9 Å². The lowest BCUT2D eigenvalue weighted by atomic mass is 10.2. The largest absolute Gasteiger partial charge is 0.444 e. The summed E-state index contributed by atoms with van der Waals surface area (Å²) in [7, 11) is 0. The van der Waals surface area contributed by atoms with Crippen LogP contribution in [0.25, 0.3) is 0 Å². The van der Waals surface area contributed by atoms with Crippen LogP contribution in [-0.2, 0) is 22.6 Å². The van der Waals surface area contributed by atoms with E-state index < -0.39 is 17.7 Å². The Morgan fingerprint density at radius 2 is 2.17 bits per heavy atom. The third-order valence-electron chi connectivity index (χ3n) is 3.64. The van der Waals surface area contributed by atoms with Crippen LogP contribution in [0.5, 0.6) is 0 Å². The van der Waals surface area contributed by atoms with Gasteiger partial charge < -0.3 is 14.6 Å². The number of nitrogens with zero attached hydrogens (tertiary/aromatic N) is 4. The highest BCUT2D eigenvalue weighted by atomic mass is 16.6. The number of hydrogen-bond donors (Lipinski definition) is 1. The van der Waals surface area contributed by atoms with Crippen LogP contribution in [0.1, 0.15) is 46.4 Å². The zero-order chi connectivity index (χ0) is 17.0. The molecule has 0 aromatic carbocycles. The van der Waals surface area contributed by atoms with Crippen LogP contribution in [0, 0.1) is 0 Å². The lowest BCUT2D eigenvalue weighted by Gasteiger charge is -2.28. The number of aryl methyl sites for hydroxylation is 1. The van der Waals surface area contributed by atoms with Gasteiger partial charge in [0.25, 0.3) is 0 Å². The van der Waals surface area contributed by atoms with Gasteiger partial charge in [0.05, 0.1) is 6.54 Å². The maximum Gasteiger partial charge on any atom is 0.410 e. The molecule has 1 atom stereocenters.